The molecule has 1 aromatic rings. The van der Waals surface area contributed by atoms with Gasteiger partial charge in [0.1, 0.15) is 13.2 Å². The van der Waals surface area contributed by atoms with Crippen LogP contribution in [0.5, 0.6) is 11.5 Å². The fraction of sp³-hybridized carbons (Fsp3) is 0.500. The molecule has 2 aliphatic rings. The molecule has 1 aromatic carbocycles. The van der Waals surface area contributed by atoms with E-state index in [1.165, 1.54) is 0 Å². The summed E-state index contributed by atoms with van der Waals surface area (Å²) < 4.78 is 11.0. The van der Waals surface area contributed by atoms with Gasteiger partial charge in [-0.1, -0.05) is 6.07 Å². The van der Waals surface area contributed by atoms with Crippen molar-refractivity contribution in [3.8, 4) is 11.5 Å². The van der Waals surface area contributed by atoms with Crippen LogP contribution in [0.25, 0.3) is 0 Å². The van der Waals surface area contributed by atoms with Crippen molar-refractivity contribution in [1.29, 1.82) is 0 Å². The number of rotatable bonds is 3. The molecule has 2 N–H and O–H groups in total. The van der Waals surface area contributed by atoms with Gasteiger partial charge in [0.2, 0.25) is 5.91 Å². The van der Waals surface area contributed by atoms with Gasteiger partial charge >= 0.3 is 0 Å². The highest BCUT2D eigenvalue weighted by Gasteiger charge is 2.20. The Morgan fingerprint density at radius 3 is 3.00 bits per heavy atom. The summed E-state index contributed by atoms with van der Waals surface area (Å²) in [6.07, 6.45) is 0. The van der Waals surface area contributed by atoms with E-state index in [2.05, 4.69) is 10.6 Å². The Morgan fingerprint density at radius 2 is 2.20 bits per heavy atom. The predicted molar refractivity (Wildman–Crippen MR) is 78.4 cm³/mol. The van der Waals surface area contributed by atoms with Crippen molar-refractivity contribution in [2.75, 3.05) is 31.3 Å². The Kier molecular flexibility index (Phi) is 4.32. The highest BCUT2D eigenvalue weighted by molar-refractivity contribution is 7.99. The molecule has 108 valence electrons. The number of ether oxygens (including phenoxy) is 2. The van der Waals surface area contributed by atoms with Crippen LogP contribution < -0.4 is 20.1 Å². The fourth-order valence-corrected chi connectivity index (χ4v) is 3.18. The first kappa shape index (κ1) is 13.6. The Morgan fingerprint density at radius 1 is 1.35 bits per heavy atom. The van der Waals surface area contributed by atoms with Crippen molar-refractivity contribution in [3.63, 3.8) is 0 Å². The Bertz CT molecular complexity index is 489. The number of fused-ring (bicyclic) bond motifs is 1. The second-order valence-electron chi connectivity index (χ2n) is 4.78. The normalized spacial score (nSPS) is 21.3. The van der Waals surface area contributed by atoms with Crippen molar-refractivity contribution in [2.45, 2.75) is 12.6 Å². The summed E-state index contributed by atoms with van der Waals surface area (Å²) >= 11 is 1.81. The molecule has 1 saturated heterocycles. The highest BCUT2D eigenvalue weighted by atomic mass is 32.2. The van der Waals surface area contributed by atoms with Gasteiger partial charge in [-0.2, -0.15) is 11.8 Å². The van der Waals surface area contributed by atoms with Crippen LogP contribution in [0, 0.1) is 0 Å². The summed E-state index contributed by atoms with van der Waals surface area (Å²) in [7, 11) is 0. The summed E-state index contributed by atoms with van der Waals surface area (Å²) in [5.41, 5.74) is 1.02. The molecule has 0 bridgehead atoms. The maximum Gasteiger partial charge on any atom is 0.238 e. The van der Waals surface area contributed by atoms with Crippen LogP contribution in [0.15, 0.2) is 18.2 Å². The van der Waals surface area contributed by atoms with E-state index in [1.807, 2.05) is 30.0 Å². The summed E-state index contributed by atoms with van der Waals surface area (Å²) in [4.78, 5) is 12.0. The van der Waals surface area contributed by atoms with Gasteiger partial charge in [0, 0.05) is 24.6 Å². The average molecular weight is 294 g/mol. The average Bonchev–Trinajstić information content (AvgIpc) is 2.53. The van der Waals surface area contributed by atoms with Crippen LogP contribution in [0.2, 0.25) is 0 Å². The molecule has 0 aliphatic carbocycles. The molecule has 1 atom stereocenters. The molecule has 2 heterocycles. The van der Waals surface area contributed by atoms with Gasteiger partial charge in [0.25, 0.3) is 0 Å². The quantitative estimate of drug-likeness (QED) is 0.863. The van der Waals surface area contributed by atoms with Crippen LogP contribution in [0.3, 0.4) is 0 Å². The van der Waals surface area contributed by atoms with Gasteiger partial charge in [-0.15, -0.1) is 0 Å². The first-order valence-electron chi connectivity index (χ1n) is 6.80. The van der Waals surface area contributed by atoms with E-state index < -0.39 is 0 Å². The van der Waals surface area contributed by atoms with Gasteiger partial charge in [-0.05, 0) is 17.7 Å². The van der Waals surface area contributed by atoms with E-state index in [0.29, 0.717) is 19.8 Å². The zero-order valence-electron chi connectivity index (χ0n) is 11.2. The van der Waals surface area contributed by atoms with E-state index in [0.717, 1.165) is 35.1 Å². The maximum absolute atomic E-state index is 12.0. The molecule has 20 heavy (non-hydrogen) atoms. The standard InChI is InChI=1S/C14H18N2O3S/c17-14(11-9-20-6-3-15-11)16-8-10-1-2-12-13(7-10)19-5-4-18-12/h1-2,7,11,15H,3-6,8-9H2,(H,16,17). The third-order valence-electron chi connectivity index (χ3n) is 3.31. The first-order chi connectivity index (χ1) is 9.83. The van der Waals surface area contributed by atoms with E-state index in [1.54, 1.807) is 0 Å². The number of carbonyl (C=O) groups excluding carboxylic acids is 1. The zero-order valence-corrected chi connectivity index (χ0v) is 12.0. The van der Waals surface area contributed by atoms with Crippen LogP contribution in [-0.4, -0.2) is 43.2 Å². The maximum atomic E-state index is 12.0. The van der Waals surface area contributed by atoms with Gasteiger partial charge in [-0.25, -0.2) is 0 Å². The van der Waals surface area contributed by atoms with E-state index in [9.17, 15) is 4.79 Å². The predicted octanol–water partition coefficient (Wildman–Crippen LogP) is 0.779. The zero-order chi connectivity index (χ0) is 13.8. The molecule has 0 spiro atoms. The van der Waals surface area contributed by atoms with Crippen molar-refractivity contribution in [3.05, 3.63) is 23.8 Å². The van der Waals surface area contributed by atoms with E-state index in [-0.39, 0.29) is 11.9 Å². The van der Waals surface area contributed by atoms with Gasteiger partial charge < -0.3 is 20.1 Å². The number of benzene rings is 1. The molecule has 0 aromatic heterocycles. The lowest BCUT2D eigenvalue weighted by Crippen LogP contribution is -2.48. The smallest absolute Gasteiger partial charge is 0.238 e. The van der Waals surface area contributed by atoms with Crippen molar-refractivity contribution in [2.24, 2.45) is 0 Å². The van der Waals surface area contributed by atoms with E-state index in [4.69, 9.17) is 9.47 Å². The summed E-state index contributed by atoms with van der Waals surface area (Å²) in [5.74, 6) is 3.51. The molecule has 1 amide bonds. The monoisotopic (exact) mass is 294 g/mol. The lowest BCUT2D eigenvalue weighted by Gasteiger charge is -2.22. The summed E-state index contributed by atoms with van der Waals surface area (Å²) in [5, 5.41) is 6.19. The second kappa shape index (κ2) is 6.37. The third kappa shape index (κ3) is 3.19. The van der Waals surface area contributed by atoms with Crippen LogP contribution >= 0.6 is 11.8 Å². The molecule has 0 radical (unpaired) electrons. The topological polar surface area (TPSA) is 59.6 Å². The van der Waals surface area contributed by atoms with Crippen molar-refractivity contribution in [1.82, 2.24) is 10.6 Å². The molecule has 1 unspecified atom stereocenters. The van der Waals surface area contributed by atoms with Gasteiger partial charge in [-0.3, -0.25) is 4.79 Å². The minimum absolute atomic E-state index is 0.0621. The molecule has 6 heteroatoms. The molecular formula is C14H18N2O3S. The Labute approximate surface area is 122 Å². The van der Waals surface area contributed by atoms with Crippen molar-refractivity contribution >= 4 is 17.7 Å². The first-order valence-corrected chi connectivity index (χ1v) is 7.96. The fourth-order valence-electron chi connectivity index (χ4n) is 2.24. The minimum Gasteiger partial charge on any atom is -0.486 e. The number of hydrogen-bond donors (Lipinski definition) is 2. The lowest BCUT2D eigenvalue weighted by atomic mass is 10.2. The number of nitrogens with one attached hydrogen (secondary N) is 2. The Hall–Kier alpha value is -1.40. The molecule has 2 aliphatic heterocycles. The molecule has 5 nitrogen and oxygen atoms in total. The molecule has 0 saturated carbocycles. The summed E-state index contributed by atoms with van der Waals surface area (Å²) in [6, 6.07) is 5.70. The number of carbonyl (C=O) groups is 1. The molecule has 1 fully saturated rings. The highest BCUT2D eigenvalue weighted by Crippen LogP contribution is 2.30. The number of hydrogen-bond acceptors (Lipinski definition) is 5. The van der Waals surface area contributed by atoms with Crippen LogP contribution in [0.4, 0.5) is 0 Å². The van der Waals surface area contributed by atoms with Gasteiger partial charge in [0.05, 0.1) is 6.04 Å². The minimum atomic E-state index is -0.0778. The number of thioether (sulfide) groups is 1. The van der Waals surface area contributed by atoms with Crippen LogP contribution in [0.1, 0.15) is 5.56 Å². The Balaban J connectivity index is 1.56. The number of amides is 1. The van der Waals surface area contributed by atoms with E-state index >= 15 is 0 Å². The SMILES string of the molecule is O=C(NCc1ccc2c(c1)OCCO2)C1CSCCN1. The third-order valence-corrected chi connectivity index (χ3v) is 4.37. The lowest BCUT2D eigenvalue weighted by molar-refractivity contribution is -0.122. The largest absolute Gasteiger partial charge is 0.486 e. The van der Waals surface area contributed by atoms with Gasteiger partial charge in [0.15, 0.2) is 11.5 Å². The van der Waals surface area contributed by atoms with Crippen LogP contribution in [-0.2, 0) is 11.3 Å². The molecule has 3 rings (SSSR count). The second-order valence-corrected chi connectivity index (χ2v) is 5.93. The van der Waals surface area contributed by atoms with Crippen molar-refractivity contribution < 1.29 is 14.3 Å². The summed E-state index contributed by atoms with van der Waals surface area (Å²) in [6.45, 7) is 2.57. The molecular weight excluding hydrogens is 276 g/mol.